The second-order valence-electron chi connectivity index (χ2n) is 7.04. The maximum Gasteiger partial charge on any atom is 0.268 e. The molecule has 0 aliphatic carbocycles. The lowest BCUT2D eigenvalue weighted by Gasteiger charge is -2.25. The minimum atomic E-state index is -4.22. The maximum absolute atomic E-state index is 13.7. The number of hydrogen-bond acceptors (Lipinski definition) is 5. The number of amides is 1. The highest BCUT2D eigenvalue weighted by Crippen LogP contribution is 2.34. The van der Waals surface area contributed by atoms with E-state index in [0.717, 1.165) is 4.31 Å². The fourth-order valence-corrected chi connectivity index (χ4v) is 5.13. The summed E-state index contributed by atoms with van der Waals surface area (Å²) in [6.07, 6.45) is 0. The first kappa shape index (κ1) is 24.7. The number of carbonyl (C=O) groups is 1. The van der Waals surface area contributed by atoms with Crippen LogP contribution >= 0.6 is 23.2 Å². The molecule has 0 aliphatic rings. The Morgan fingerprint density at radius 2 is 1.58 bits per heavy atom. The Morgan fingerprint density at radius 1 is 0.939 bits per heavy atom. The standard InChI is InChI=1S/C23H22Cl2N2O5S/c1-15-4-10-21(32-3)22(12-15)33(29,30)27(18-9-11-20(31-2)19(25)13-18)14-23(28)26-17-7-5-16(24)6-8-17/h4-13H,14H2,1-3H3,(H,26,28). The summed E-state index contributed by atoms with van der Waals surface area (Å²) in [6.45, 7) is 1.25. The summed E-state index contributed by atoms with van der Waals surface area (Å²) in [6, 6.07) is 15.7. The molecule has 0 unspecified atom stereocenters. The van der Waals surface area contributed by atoms with E-state index in [-0.39, 0.29) is 21.4 Å². The Morgan fingerprint density at radius 3 is 2.18 bits per heavy atom. The minimum Gasteiger partial charge on any atom is -0.495 e. The number of anilines is 2. The van der Waals surface area contributed by atoms with Gasteiger partial charge in [0, 0.05) is 10.7 Å². The van der Waals surface area contributed by atoms with Crippen molar-refractivity contribution in [2.75, 3.05) is 30.4 Å². The van der Waals surface area contributed by atoms with Crippen LogP contribution in [0.15, 0.2) is 65.6 Å². The van der Waals surface area contributed by atoms with Gasteiger partial charge < -0.3 is 14.8 Å². The van der Waals surface area contributed by atoms with Gasteiger partial charge in [-0.1, -0.05) is 29.3 Å². The molecule has 10 heteroatoms. The van der Waals surface area contributed by atoms with E-state index < -0.39 is 22.5 Å². The number of carbonyl (C=O) groups excluding carboxylic acids is 1. The summed E-state index contributed by atoms with van der Waals surface area (Å²) in [4.78, 5) is 12.8. The van der Waals surface area contributed by atoms with Gasteiger partial charge in [-0.25, -0.2) is 8.42 Å². The van der Waals surface area contributed by atoms with Gasteiger partial charge in [-0.3, -0.25) is 9.10 Å². The van der Waals surface area contributed by atoms with Crippen molar-refractivity contribution in [2.24, 2.45) is 0 Å². The van der Waals surface area contributed by atoms with Crippen LogP contribution in [0.3, 0.4) is 0 Å². The molecule has 0 radical (unpaired) electrons. The van der Waals surface area contributed by atoms with Crippen LogP contribution in [0.1, 0.15) is 5.56 Å². The molecule has 3 aromatic rings. The second-order valence-corrected chi connectivity index (χ2v) is 9.71. The molecular weight excluding hydrogens is 487 g/mol. The average Bonchev–Trinajstić information content (AvgIpc) is 2.79. The van der Waals surface area contributed by atoms with Gasteiger partial charge in [0.05, 0.1) is 24.9 Å². The zero-order valence-corrected chi connectivity index (χ0v) is 20.5. The number of nitrogens with one attached hydrogen (secondary N) is 1. The van der Waals surface area contributed by atoms with Crippen molar-refractivity contribution in [3.63, 3.8) is 0 Å². The fraction of sp³-hybridized carbons (Fsp3) is 0.174. The van der Waals surface area contributed by atoms with E-state index >= 15 is 0 Å². The van der Waals surface area contributed by atoms with Gasteiger partial charge >= 0.3 is 0 Å². The summed E-state index contributed by atoms with van der Waals surface area (Å²) in [5.41, 5.74) is 1.38. The first-order chi connectivity index (χ1) is 15.6. The molecule has 0 aliphatic heterocycles. The quantitative estimate of drug-likeness (QED) is 0.454. The van der Waals surface area contributed by atoms with Gasteiger partial charge in [-0.05, 0) is 67.1 Å². The smallest absolute Gasteiger partial charge is 0.268 e. The van der Waals surface area contributed by atoms with Crippen LogP contribution in [-0.4, -0.2) is 35.1 Å². The van der Waals surface area contributed by atoms with Crippen molar-refractivity contribution < 1.29 is 22.7 Å². The summed E-state index contributed by atoms with van der Waals surface area (Å²) < 4.78 is 38.9. The van der Waals surface area contributed by atoms with Crippen molar-refractivity contribution in [2.45, 2.75) is 11.8 Å². The van der Waals surface area contributed by atoms with Crippen molar-refractivity contribution in [3.8, 4) is 11.5 Å². The number of aryl methyl sites for hydroxylation is 1. The Hall–Kier alpha value is -2.94. The van der Waals surface area contributed by atoms with Crippen molar-refractivity contribution in [3.05, 3.63) is 76.3 Å². The minimum absolute atomic E-state index is 0.0729. The van der Waals surface area contributed by atoms with Crippen LogP contribution in [0.25, 0.3) is 0 Å². The molecule has 0 spiro atoms. The Kier molecular flexibility index (Phi) is 7.73. The predicted octanol–water partition coefficient (Wildman–Crippen LogP) is 5.15. The van der Waals surface area contributed by atoms with Crippen LogP contribution < -0.4 is 19.1 Å². The molecule has 3 rings (SSSR count). The third kappa shape index (κ3) is 5.71. The molecule has 174 valence electrons. The predicted molar refractivity (Wildman–Crippen MR) is 130 cm³/mol. The maximum atomic E-state index is 13.7. The van der Waals surface area contributed by atoms with Gasteiger partial charge in [0.15, 0.2) is 0 Å². The third-order valence-electron chi connectivity index (χ3n) is 4.73. The molecule has 0 heterocycles. The third-order valence-corrected chi connectivity index (χ3v) is 7.07. The van der Waals surface area contributed by atoms with Crippen LogP contribution in [0.5, 0.6) is 11.5 Å². The van der Waals surface area contributed by atoms with Gasteiger partial charge in [0.1, 0.15) is 22.9 Å². The van der Waals surface area contributed by atoms with Gasteiger partial charge in [-0.2, -0.15) is 0 Å². The molecule has 0 atom stereocenters. The first-order valence-corrected chi connectivity index (χ1v) is 11.9. The zero-order chi connectivity index (χ0) is 24.2. The summed E-state index contributed by atoms with van der Waals surface area (Å²) in [7, 11) is -1.39. The Bertz CT molecular complexity index is 1260. The second kappa shape index (κ2) is 10.3. The van der Waals surface area contributed by atoms with E-state index in [9.17, 15) is 13.2 Å². The molecular formula is C23H22Cl2N2O5S. The fourth-order valence-electron chi connectivity index (χ4n) is 3.09. The highest BCUT2D eigenvalue weighted by molar-refractivity contribution is 7.93. The van der Waals surface area contributed by atoms with Crippen LogP contribution in [0, 0.1) is 6.92 Å². The lowest BCUT2D eigenvalue weighted by molar-refractivity contribution is -0.114. The van der Waals surface area contributed by atoms with Crippen molar-refractivity contribution in [1.29, 1.82) is 0 Å². The molecule has 0 aromatic heterocycles. The average molecular weight is 509 g/mol. The van der Waals surface area contributed by atoms with E-state index in [1.807, 2.05) is 0 Å². The van der Waals surface area contributed by atoms with Crippen LogP contribution in [0.2, 0.25) is 10.0 Å². The number of rotatable bonds is 8. The van der Waals surface area contributed by atoms with Crippen LogP contribution in [-0.2, 0) is 14.8 Å². The van der Waals surface area contributed by atoms with Crippen LogP contribution in [0.4, 0.5) is 11.4 Å². The topological polar surface area (TPSA) is 84.9 Å². The summed E-state index contributed by atoms with van der Waals surface area (Å²) >= 11 is 12.1. The largest absolute Gasteiger partial charge is 0.495 e. The van der Waals surface area contributed by atoms with E-state index in [1.54, 1.807) is 43.3 Å². The molecule has 0 saturated carbocycles. The zero-order valence-electron chi connectivity index (χ0n) is 18.1. The summed E-state index contributed by atoms with van der Waals surface area (Å²) in [5.74, 6) is -0.0284. The van der Waals surface area contributed by atoms with E-state index in [1.165, 1.54) is 38.5 Å². The molecule has 1 amide bonds. The van der Waals surface area contributed by atoms with Crippen molar-refractivity contribution >= 4 is 50.5 Å². The van der Waals surface area contributed by atoms with E-state index in [2.05, 4.69) is 5.32 Å². The highest BCUT2D eigenvalue weighted by Gasteiger charge is 2.30. The van der Waals surface area contributed by atoms with Gasteiger partial charge in [-0.15, -0.1) is 0 Å². The number of hydrogen-bond donors (Lipinski definition) is 1. The number of ether oxygens (including phenoxy) is 2. The van der Waals surface area contributed by atoms with Gasteiger partial charge in [0.2, 0.25) is 5.91 Å². The normalized spacial score (nSPS) is 11.1. The molecule has 0 bridgehead atoms. The SMILES string of the molecule is COc1ccc(N(CC(=O)Nc2ccc(Cl)cc2)S(=O)(=O)c2cc(C)ccc2OC)cc1Cl. The number of sulfonamides is 1. The monoisotopic (exact) mass is 508 g/mol. The van der Waals surface area contributed by atoms with E-state index in [4.69, 9.17) is 32.7 Å². The highest BCUT2D eigenvalue weighted by atomic mass is 35.5. The molecule has 1 N–H and O–H groups in total. The first-order valence-electron chi connectivity index (χ1n) is 9.72. The molecule has 0 fully saturated rings. The lowest BCUT2D eigenvalue weighted by atomic mass is 10.2. The molecule has 33 heavy (non-hydrogen) atoms. The molecule has 7 nitrogen and oxygen atoms in total. The number of halogens is 2. The molecule has 0 saturated heterocycles. The van der Waals surface area contributed by atoms with E-state index in [0.29, 0.717) is 22.0 Å². The van der Waals surface area contributed by atoms with Gasteiger partial charge in [0.25, 0.3) is 10.0 Å². The molecule has 3 aromatic carbocycles. The Labute approximate surface area is 202 Å². The Balaban J connectivity index is 2.05. The lowest BCUT2D eigenvalue weighted by Crippen LogP contribution is -2.38. The number of benzene rings is 3. The summed E-state index contributed by atoms with van der Waals surface area (Å²) in [5, 5.41) is 3.39. The number of methoxy groups -OCH3 is 2. The van der Waals surface area contributed by atoms with Crippen molar-refractivity contribution in [1.82, 2.24) is 0 Å². The number of nitrogens with zero attached hydrogens (tertiary/aromatic N) is 1.